The van der Waals surface area contributed by atoms with E-state index in [1.165, 1.54) is 6.61 Å². The van der Waals surface area contributed by atoms with Gasteiger partial charge in [-0.05, 0) is 0 Å². The third-order valence-corrected chi connectivity index (χ3v) is 1.50. The van der Waals surface area contributed by atoms with Crippen LogP contribution in [0.1, 0.15) is 6.42 Å². The molecule has 4 nitrogen and oxygen atoms in total. The number of hydrogen-bond donors (Lipinski definition) is 3. The van der Waals surface area contributed by atoms with Crippen LogP contribution in [0.15, 0.2) is 0 Å². The lowest BCUT2D eigenvalue weighted by molar-refractivity contribution is -0.105. The van der Waals surface area contributed by atoms with Crippen LogP contribution in [0.4, 0.5) is 0 Å². The first-order valence-electron chi connectivity index (χ1n) is 3.20. The van der Waals surface area contributed by atoms with E-state index < -0.39 is 18.3 Å². The van der Waals surface area contributed by atoms with Crippen molar-refractivity contribution in [3.63, 3.8) is 0 Å². The molecule has 0 amide bonds. The third kappa shape index (κ3) is 1.67. The van der Waals surface area contributed by atoms with E-state index in [1.54, 1.807) is 0 Å². The largest absolute Gasteiger partial charge is 0.394 e. The molecule has 1 heterocycles. The molecule has 1 rings (SSSR count). The van der Waals surface area contributed by atoms with E-state index in [0.29, 0.717) is 0 Å². The minimum atomic E-state index is -0.759. The molecule has 0 aromatic heterocycles. The zero-order valence-electron chi connectivity index (χ0n) is 5.47. The molecular formula is C6H11O4. The van der Waals surface area contributed by atoms with Crippen molar-refractivity contribution in [2.45, 2.75) is 24.7 Å². The second-order valence-corrected chi connectivity index (χ2v) is 2.36. The fraction of sp³-hybridized carbons (Fsp3) is 0.833. The molecule has 4 heteroatoms. The molecule has 1 aliphatic heterocycles. The van der Waals surface area contributed by atoms with E-state index in [2.05, 4.69) is 0 Å². The van der Waals surface area contributed by atoms with Gasteiger partial charge in [0.15, 0.2) is 0 Å². The Morgan fingerprint density at radius 3 is 2.70 bits per heavy atom. The molecule has 0 bridgehead atoms. The summed E-state index contributed by atoms with van der Waals surface area (Å²) in [6, 6.07) is 0. The van der Waals surface area contributed by atoms with Gasteiger partial charge in [0.1, 0.15) is 12.7 Å². The summed E-state index contributed by atoms with van der Waals surface area (Å²) in [5.41, 5.74) is 0. The van der Waals surface area contributed by atoms with Crippen LogP contribution in [0.2, 0.25) is 0 Å². The molecule has 0 aromatic carbocycles. The molecule has 59 valence electrons. The van der Waals surface area contributed by atoms with Crippen molar-refractivity contribution in [2.24, 2.45) is 0 Å². The summed E-state index contributed by atoms with van der Waals surface area (Å²) in [7, 11) is 0. The predicted octanol–water partition coefficient (Wildman–Crippen LogP) is -1.35. The van der Waals surface area contributed by atoms with Crippen LogP contribution < -0.4 is 0 Å². The molecule has 10 heavy (non-hydrogen) atoms. The minimum absolute atomic E-state index is 0.218. The molecule has 1 fully saturated rings. The predicted molar refractivity (Wildman–Crippen MR) is 32.9 cm³/mol. The van der Waals surface area contributed by atoms with Crippen LogP contribution >= 0.6 is 0 Å². The van der Waals surface area contributed by atoms with Crippen LogP contribution in [0.3, 0.4) is 0 Å². The first kappa shape index (κ1) is 7.94. The lowest BCUT2D eigenvalue weighted by atomic mass is 10.0. The zero-order chi connectivity index (χ0) is 7.56. The van der Waals surface area contributed by atoms with Crippen molar-refractivity contribution in [3.05, 3.63) is 6.61 Å². The van der Waals surface area contributed by atoms with Crippen LogP contribution in [-0.4, -0.2) is 40.2 Å². The van der Waals surface area contributed by atoms with Crippen molar-refractivity contribution < 1.29 is 20.1 Å². The number of aliphatic hydroxyl groups excluding tert-OH is 3. The van der Waals surface area contributed by atoms with Gasteiger partial charge in [0.25, 0.3) is 0 Å². The van der Waals surface area contributed by atoms with Crippen LogP contribution in [0.5, 0.6) is 0 Å². The Labute approximate surface area is 59.1 Å². The van der Waals surface area contributed by atoms with E-state index in [-0.39, 0.29) is 13.0 Å². The highest BCUT2D eigenvalue weighted by Gasteiger charge is 2.28. The summed E-state index contributed by atoms with van der Waals surface area (Å²) in [4.78, 5) is 0. The highest BCUT2D eigenvalue weighted by molar-refractivity contribution is 4.83. The molecule has 1 saturated heterocycles. The van der Waals surface area contributed by atoms with Gasteiger partial charge in [-0.25, -0.2) is 0 Å². The lowest BCUT2D eigenvalue weighted by Crippen LogP contribution is -2.40. The Bertz CT molecular complexity index is 106. The maximum absolute atomic E-state index is 9.07. The summed E-state index contributed by atoms with van der Waals surface area (Å²) in [5.74, 6) is 0. The van der Waals surface area contributed by atoms with Crippen molar-refractivity contribution in [3.8, 4) is 0 Å². The molecule has 0 saturated carbocycles. The van der Waals surface area contributed by atoms with Crippen molar-refractivity contribution in [1.29, 1.82) is 0 Å². The standard InChI is InChI=1S/C6H11O4/c7-2-6-5(9)1-4(8)3-10-6/h3-9H,1-2H2/t4-,5+,6-/m1/s1. The van der Waals surface area contributed by atoms with Gasteiger partial charge in [-0.15, -0.1) is 0 Å². The highest BCUT2D eigenvalue weighted by Crippen LogP contribution is 2.16. The van der Waals surface area contributed by atoms with E-state index in [1.807, 2.05) is 0 Å². The molecule has 3 atom stereocenters. The first-order chi connectivity index (χ1) is 4.74. The fourth-order valence-electron chi connectivity index (χ4n) is 0.902. The van der Waals surface area contributed by atoms with Gasteiger partial charge in [0.05, 0.1) is 18.8 Å². The van der Waals surface area contributed by atoms with E-state index in [9.17, 15) is 0 Å². The van der Waals surface area contributed by atoms with Gasteiger partial charge in [-0.3, -0.25) is 0 Å². The SMILES string of the molecule is OC[C@H]1O[CH][C@H](O)C[C@@H]1O. The number of hydrogen-bond acceptors (Lipinski definition) is 4. The average Bonchev–Trinajstić information content (AvgIpc) is 1.88. The molecule has 1 aliphatic rings. The lowest BCUT2D eigenvalue weighted by Gasteiger charge is -2.28. The topological polar surface area (TPSA) is 69.9 Å². The van der Waals surface area contributed by atoms with Gasteiger partial charge >= 0.3 is 0 Å². The molecule has 3 N–H and O–H groups in total. The van der Waals surface area contributed by atoms with Crippen LogP contribution in [0.25, 0.3) is 0 Å². The molecular weight excluding hydrogens is 136 g/mol. The summed E-state index contributed by atoms with van der Waals surface area (Å²) in [6.07, 6.45) is -1.79. The zero-order valence-corrected chi connectivity index (χ0v) is 5.47. The Kier molecular flexibility index (Phi) is 2.62. The quantitative estimate of drug-likeness (QED) is 0.429. The van der Waals surface area contributed by atoms with Gasteiger partial charge in [0, 0.05) is 6.42 Å². The van der Waals surface area contributed by atoms with Gasteiger partial charge in [-0.1, -0.05) is 0 Å². The van der Waals surface area contributed by atoms with Crippen molar-refractivity contribution in [1.82, 2.24) is 0 Å². The fourth-order valence-corrected chi connectivity index (χ4v) is 0.902. The monoisotopic (exact) mass is 147 g/mol. The number of rotatable bonds is 1. The molecule has 0 aromatic rings. The maximum atomic E-state index is 9.07. The first-order valence-corrected chi connectivity index (χ1v) is 3.20. The van der Waals surface area contributed by atoms with Crippen molar-refractivity contribution >= 4 is 0 Å². The Morgan fingerprint density at radius 2 is 2.20 bits per heavy atom. The smallest absolute Gasteiger partial charge is 0.113 e. The average molecular weight is 147 g/mol. The third-order valence-electron chi connectivity index (χ3n) is 1.50. The summed E-state index contributed by atoms with van der Waals surface area (Å²) in [5, 5.41) is 26.5. The number of ether oxygens (including phenoxy) is 1. The van der Waals surface area contributed by atoms with E-state index in [0.717, 1.165) is 0 Å². The summed E-state index contributed by atoms with van der Waals surface area (Å²) in [6.45, 7) is 1.01. The summed E-state index contributed by atoms with van der Waals surface area (Å²) >= 11 is 0. The maximum Gasteiger partial charge on any atom is 0.113 e. The molecule has 0 spiro atoms. The van der Waals surface area contributed by atoms with Gasteiger partial charge in [0.2, 0.25) is 0 Å². The Hall–Kier alpha value is -0.160. The van der Waals surface area contributed by atoms with E-state index >= 15 is 0 Å². The van der Waals surface area contributed by atoms with Gasteiger partial charge in [-0.2, -0.15) is 0 Å². The minimum Gasteiger partial charge on any atom is -0.394 e. The Morgan fingerprint density at radius 1 is 1.50 bits per heavy atom. The summed E-state index contributed by atoms with van der Waals surface area (Å²) < 4.78 is 4.78. The second-order valence-electron chi connectivity index (χ2n) is 2.36. The van der Waals surface area contributed by atoms with Crippen molar-refractivity contribution in [2.75, 3.05) is 6.61 Å². The van der Waals surface area contributed by atoms with Crippen LogP contribution in [-0.2, 0) is 4.74 Å². The van der Waals surface area contributed by atoms with E-state index in [4.69, 9.17) is 20.1 Å². The molecule has 0 unspecified atom stereocenters. The second kappa shape index (κ2) is 3.30. The Balaban J connectivity index is 2.36. The van der Waals surface area contributed by atoms with Crippen LogP contribution in [0, 0.1) is 6.61 Å². The van der Waals surface area contributed by atoms with Gasteiger partial charge < -0.3 is 20.1 Å². The normalized spacial score (nSPS) is 41.7. The molecule has 0 aliphatic carbocycles. The highest BCUT2D eigenvalue weighted by atomic mass is 16.5. The number of aliphatic hydroxyl groups is 3. The molecule has 1 radical (unpaired) electrons.